The van der Waals surface area contributed by atoms with Crippen LogP contribution in [0.4, 0.5) is 0 Å². The number of carbonyl (C=O) groups excluding carboxylic acids is 1. The van der Waals surface area contributed by atoms with E-state index >= 15 is 0 Å². The highest BCUT2D eigenvalue weighted by molar-refractivity contribution is 6.29. The monoisotopic (exact) mass is 346 g/mol. The number of ether oxygens (including phenoxy) is 1. The number of furan rings is 1. The number of hydrogen-bond acceptors (Lipinski definition) is 5. The Hall–Kier alpha value is -2.40. The summed E-state index contributed by atoms with van der Waals surface area (Å²) in [5, 5.41) is 1.03. The van der Waals surface area contributed by atoms with Crippen molar-refractivity contribution < 1.29 is 13.9 Å². The zero-order valence-corrected chi connectivity index (χ0v) is 14.8. The first kappa shape index (κ1) is 17.9. The molecule has 0 radical (unpaired) electrons. The van der Waals surface area contributed by atoms with Crippen LogP contribution in [0.1, 0.15) is 36.9 Å². The Labute approximate surface area is 145 Å². The fourth-order valence-corrected chi connectivity index (χ4v) is 2.40. The molecule has 126 valence electrons. The van der Waals surface area contributed by atoms with Gasteiger partial charge >= 0.3 is 5.97 Å². The molecule has 2 heterocycles. The Morgan fingerprint density at radius 2 is 2.00 bits per heavy atom. The molecule has 2 aromatic heterocycles. The molecule has 0 amide bonds. The van der Waals surface area contributed by atoms with Gasteiger partial charge in [0.1, 0.15) is 22.1 Å². The van der Waals surface area contributed by atoms with Gasteiger partial charge in [0.15, 0.2) is 0 Å². The molecule has 0 spiro atoms. The van der Waals surface area contributed by atoms with E-state index in [-0.39, 0.29) is 0 Å². The van der Waals surface area contributed by atoms with E-state index in [0.717, 1.165) is 5.56 Å². The van der Waals surface area contributed by atoms with Gasteiger partial charge in [-0.05, 0) is 32.0 Å². The van der Waals surface area contributed by atoms with Gasteiger partial charge in [-0.25, -0.2) is 9.78 Å². The third kappa shape index (κ3) is 3.57. The number of fused-ring (bicyclic) bond motifs is 1. The van der Waals surface area contributed by atoms with Crippen molar-refractivity contribution in [1.29, 1.82) is 0 Å². The average molecular weight is 347 g/mol. The predicted octanol–water partition coefficient (Wildman–Crippen LogP) is 5.05. The van der Waals surface area contributed by atoms with Crippen molar-refractivity contribution in [3.63, 3.8) is 0 Å². The highest BCUT2D eigenvalue weighted by Crippen LogP contribution is 2.30. The second-order valence-corrected chi connectivity index (χ2v) is 5.08. The Morgan fingerprint density at radius 1 is 1.25 bits per heavy atom. The summed E-state index contributed by atoms with van der Waals surface area (Å²) >= 11 is 5.75. The van der Waals surface area contributed by atoms with Crippen molar-refractivity contribution in [2.24, 2.45) is 0 Å². The minimum atomic E-state index is -0.391. The molecule has 5 nitrogen and oxygen atoms in total. The van der Waals surface area contributed by atoms with Gasteiger partial charge in [0, 0.05) is 10.9 Å². The minimum absolute atomic E-state index is 0.313. The number of nitrogens with zero attached hydrogens (tertiary/aromatic N) is 2. The van der Waals surface area contributed by atoms with E-state index in [4.69, 9.17) is 20.8 Å². The highest BCUT2D eigenvalue weighted by Gasteiger charge is 2.19. The van der Waals surface area contributed by atoms with E-state index in [0.29, 0.717) is 39.7 Å². The molecule has 0 fully saturated rings. The van der Waals surface area contributed by atoms with Crippen molar-refractivity contribution in [2.45, 2.75) is 27.7 Å². The second-order valence-electron chi connectivity index (χ2n) is 4.69. The van der Waals surface area contributed by atoms with Crippen LogP contribution in [-0.4, -0.2) is 22.5 Å². The lowest BCUT2D eigenvalue weighted by atomic mass is 10.1. The van der Waals surface area contributed by atoms with Gasteiger partial charge in [-0.1, -0.05) is 25.4 Å². The van der Waals surface area contributed by atoms with Crippen molar-refractivity contribution in [1.82, 2.24) is 9.97 Å². The summed E-state index contributed by atoms with van der Waals surface area (Å²) in [7, 11) is 0. The SMILES string of the molecule is CC.CCOC(=O)c1c(C)oc2ccc(-c3cnc(Cl)cn3)cc12. The standard InChI is InChI=1S/C16H13ClN2O3.C2H6/c1-3-21-16(20)15-9(2)22-13-5-4-10(6-11(13)15)12-7-19-14(17)8-18-12;1-2/h4-8H,3H2,1-2H3;1-2H3. The van der Waals surface area contributed by atoms with Gasteiger partial charge in [0.25, 0.3) is 0 Å². The summed E-state index contributed by atoms with van der Waals surface area (Å²) in [6.45, 7) is 7.82. The van der Waals surface area contributed by atoms with Crippen LogP contribution in [0, 0.1) is 6.92 Å². The third-order valence-corrected chi connectivity index (χ3v) is 3.45. The molecular formula is C18H19ClN2O3. The molecule has 0 saturated heterocycles. The number of carbonyl (C=O) groups is 1. The zero-order valence-electron chi connectivity index (χ0n) is 14.1. The second kappa shape index (κ2) is 7.93. The summed E-state index contributed by atoms with van der Waals surface area (Å²) in [5.74, 6) is 0.144. The lowest BCUT2D eigenvalue weighted by Gasteiger charge is -2.02. The number of esters is 1. The van der Waals surface area contributed by atoms with Gasteiger partial charge in [-0.15, -0.1) is 0 Å². The highest BCUT2D eigenvalue weighted by atomic mass is 35.5. The maximum absolute atomic E-state index is 12.1. The number of benzene rings is 1. The summed E-state index contributed by atoms with van der Waals surface area (Å²) < 4.78 is 10.7. The van der Waals surface area contributed by atoms with Crippen LogP contribution < -0.4 is 0 Å². The van der Waals surface area contributed by atoms with Gasteiger partial charge in [-0.2, -0.15) is 0 Å². The third-order valence-electron chi connectivity index (χ3n) is 3.26. The van der Waals surface area contributed by atoms with Crippen LogP contribution in [0.3, 0.4) is 0 Å². The Balaban J connectivity index is 0.00000100. The first-order valence-electron chi connectivity index (χ1n) is 7.78. The number of rotatable bonds is 3. The number of aryl methyl sites for hydroxylation is 1. The van der Waals surface area contributed by atoms with Crippen LogP contribution in [0.25, 0.3) is 22.2 Å². The van der Waals surface area contributed by atoms with E-state index < -0.39 is 5.97 Å². The zero-order chi connectivity index (χ0) is 17.7. The topological polar surface area (TPSA) is 65.2 Å². The molecule has 3 aromatic rings. The molecule has 0 unspecified atom stereocenters. The molecule has 0 aliphatic carbocycles. The van der Waals surface area contributed by atoms with Gasteiger partial charge in [-0.3, -0.25) is 4.98 Å². The van der Waals surface area contributed by atoms with Crippen molar-refractivity contribution in [3.05, 3.63) is 47.1 Å². The fourth-order valence-electron chi connectivity index (χ4n) is 2.30. The van der Waals surface area contributed by atoms with E-state index in [9.17, 15) is 4.79 Å². The van der Waals surface area contributed by atoms with Crippen LogP contribution in [-0.2, 0) is 4.74 Å². The Bertz CT molecular complexity index is 841. The molecule has 0 atom stereocenters. The van der Waals surface area contributed by atoms with E-state index in [1.807, 2.05) is 26.0 Å². The molecule has 1 aromatic carbocycles. The van der Waals surface area contributed by atoms with E-state index in [2.05, 4.69) is 9.97 Å². The van der Waals surface area contributed by atoms with Crippen molar-refractivity contribution >= 4 is 28.5 Å². The summed E-state index contributed by atoms with van der Waals surface area (Å²) in [6.07, 6.45) is 3.06. The summed E-state index contributed by atoms with van der Waals surface area (Å²) in [6, 6.07) is 5.50. The Morgan fingerprint density at radius 3 is 2.62 bits per heavy atom. The van der Waals surface area contributed by atoms with Crippen LogP contribution in [0.2, 0.25) is 5.15 Å². The van der Waals surface area contributed by atoms with Crippen molar-refractivity contribution in [2.75, 3.05) is 6.61 Å². The quantitative estimate of drug-likeness (QED) is 0.620. The maximum atomic E-state index is 12.1. The molecular weight excluding hydrogens is 328 g/mol. The van der Waals surface area contributed by atoms with Crippen molar-refractivity contribution in [3.8, 4) is 11.3 Å². The number of hydrogen-bond donors (Lipinski definition) is 0. The number of halogens is 1. The molecule has 0 N–H and O–H groups in total. The van der Waals surface area contributed by atoms with Gasteiger partial charge in [0.2, 0.25) is 0 Å². The molecule has 0 saturated carbocycles. The molecule has 3 rings (SSSR count). The fraction of sp³-hybridized carbons (Fsp3) is 0.278. The lowest BCUT2D eigenvalue weighted by molar-refractivity contribution is 0.0526. The maximum Gasteiger partial charge on any atom is 0.342 e. The number of aromatic nitrogens is 2. The largest absolute Gasteiger partial charge is 0.462 e. The lowest BCUT2D eigenvalue weighted by Crippen LogP contribution is -2.05. The molecule has 24 heavy (non-hydrogen) atoms. The molecule has 0 aliphatic heterocycles. The predicted molar refractivity (Wildman–Crippen MR) is 94.3 cm³/mol. The summed E-state index contributed by atoms with van der Waals surface area (Å²) in [4.78, 5) is 20.4. The van der Waals surface area contributed by atoms with Crippen LogP contribution in [0.5, 0.6) is 0 Å². The van der Waals surface area contributed by atoms with Crippen LogP contribution in [0.15, 0.2) is 35.0 Å². The normalized spacial score (nSPS) is 10.2. The minimum Gasteiger partial charge on any atom is -0.462 e. The molecule has 6 heteroatoms. The first-order valence-corrected chi connectivity index (χ1v) is 8.16. The first-order chi connectivity index (χ1) is 11.6. The van der Waals surface area contributed by atoms with Crippen LogP contribution >= 0.6 is 11.6 Å². The average Bonchev–Trinajstić information content (AvgIpc) is 2.92. The van der Waals surface area contributed by atoms with Gasteiger partial charge < -0.3 is 9.15 Å². The Kier molecular flexibility index (Phi) is 5.93. The smallest absolute Gasteiger partial charge is 0.342 e. The molecule has 0 bridgehead atoms. The van der Waals surface area contributed by atoms with E-state index in [1.165, 1.54) is 6.20 Å². The molecule has 0 aliphatic rings. The summed E-state index contributed by atoms with van der Waals surface area (Å²) in [5.41, 5.74) is 2.56. The van der Waals surface area contributed by atoms with Gasteiger partial charge in [0.05, 0.1) is 24.7 Å². The van der Waals surface area contributed by atoms with E-state index in [1.54, 1.807) is 26.1 Å².